The van der Waals surface area contributed by atoms with Gasteiger partial charge in [-0.2, -0.15) is 0 Å². The van der Waals surface area contributed by atoms with Crippen molar-refractivity contribution in [2.75, 3.05) is 5.32 Å². The van der Waals surface area contributed by atoms with Crippen LogP contribution in [-0.4, -0.2) is 22.8 Å². The number of hydrogen-bond acceptors (Lipinski definition) is 4. The maximum absolute atomic E-state index is 12.1. The Bertz CT molecular complexity index is 830. The Kier molecular flexibility index (Phi) is 6.57. The van der Waals surface area contributed by atoms with Crippen molar-refractivity contribution < 1.29 is 19.4 Å². The van der Waals surface area contributed by atoms with Crippen LogP contribution in [0, 0.1) is 0 Å². The molecule has 0 saturated heterocycles. The number of carboxylic acid groups (broad SMARTS) is 1. The quantitative estimate of drug-likeness (QED) is 0.614. The zero-order chi connectivity index (χ0) is 20.2. The summed E-state index contributed by atoms with van der Waals surface area (Å²) in [4.78, 5) is 23.9. The summed E-state index contributed by atoms with van der Waals surface area (Å²) in [6.07, 6.45) is -0.833. The third kappa shape index (κ3) is 5.77. The van der Waals surface area contributed by atoms with Crippen LogP contribution in [0.4, 0.5) is 16.2 Å². The third-order valence-electron chi connectivity index (χ3n) is 3.40. The average molecular weight is 411 g/mol. The summed E-state index contributed by atoms with van der Waals surface area (Å²) < 4.78 is 5.16. The van der Waals surface area contributed by atoms with E-state index in [9.17, 15) is 14.7 Å². The van der Waals surface area contributed by atoms with Gasteiger partial charge in [-0.1, -0.05) is 47.5 Å². The van der Waals surface area contributed by atoms with Gasteiger partial charge in [0.05, 0.1) is 15.7 Å². The topological polar surface area (TPSA) is 87.7 Å². The summed E-state index contributed by atoms with van der Waals surface area (Å²) in [5.74, 6) is -1.24. The van der Waals surface area contributed by atoms with Crippen molar-refractivity contribution in [3.8, 4) is 0 Å². The van der Waals surface area contributed by atoms with Gasteiger partial charge in [0.25, 0.3) is 0 Å². The zero-order valence-electron chi connectivity index (χ0n) is 15.0. The number of halogens is 2. The molecule has 0 fully saturated rings. The lowest BCUT2D eigenvalue weighted by molar-refractivity contribution is -0.139. The van der Waals surface area contributed by atoms with E-state index in [2.05, 4.69) is 10.6 Å². The lowest BCUT2D eigenvalue weighted by Gasteiger charge is -2.23. The van der Waals surface area contributed by atoms with Gasteiger partial charge >= 0.3 is 12.1 Å². The highest BCUT2D eigenvalue weighted by molar-refractivity contribution is 6.39. The normalized spacial score (nSPS) is 12.2. The first-order valence-electron chi connectivity index (χ1n) is 8.11. The van der Waals surface area contributed by atoms with Crippen LogP contribution in [0.3, 0.4) is 0 Å². The van der Waals surface area contributed by atoms with Gasteiger partial charge in [0, 0.05) is 11.3 Å². The molecule has 2 rings (SSSR count). The van der Waals surface area contributed by atoms with E-state index in [0.717, 1.165) is 0 Å². The smallest absolute Gasteiger partial charge is 0.408 e. The van der Waals surface area contributed by atoms with Crippen LogP contribution in [0.2, 0.25) is 10.0 Å². The van der Waals surface area contributed by atoms with Crippen LogP contribution in [0.1, 0.15) is 32.4 Å². The molecule has 0 radical (unpaired) electrons. The van der Waals surface area contributed by atoms with Gasteiger partial charge in [-0.15, -0.1) is 0 Å². The van der Waals surface area contributed by atoms with E-state index in [0.29, 0.717) is 27.0 Å². The number of hydrogen-bond donors (Lipinski definition) is 3. The molecular weight excluding hydrogens is 391 g/mol. The SMILES string of the molecule is CC(C)(C)OC(=O)N[C@H](C(=O)O)c1ccccc1Nc1c(Cl)cccc1Cl. The number of alkyl carbamates (subject to hydrolysis) is 1. The van der Waals surface area contributed by atoms with Crippen LogP contribution >= 0.6 is 23.2 Å². The molecule has 0 heterocycles. The standard InChI is InChI=1S/C19H20Cl2N2O4/c1-19(2,3)27-18(26)23-15(17(24)25)11-7-4-5-10-14(11)22-16-12(20)8-6-9-13(16)21/h4-10,15,22H,1-3H3,(H,23,26)(H,24,25)/t15-/m0/s1. The van der Waals surface area contributed by atoms with Crippen LogP contribution in [-0.2, 0) is 9.53 Å². The first-order valence-corrected chi connectivity index (χ1v) is 8.86. The Morgan fingerprint density at radius 2 is 1.63 bits per heavy atom. The van der Waals surface area contributed by atoms with E-state index in [1.807, 2.05) is 0 Å². The minimum absolute atomic E-state index is 0.326. The Balaban J connectivity index is 2.36. The van der Waals surface area contributed by atoms with Crippen molar-refractivity contribution in [1.29, 1.82) is 0 Å². The number of para-hydroxylation sites is 2. The van der Waals surface area contributed by atoms with Gasteiger partial charge in [0.2, 0.25) is 0 Å². The second-order valence-corrected chi connectivity index (χ2v) is 7.54. The van der Waals surface area contributed by atoms with E-state index in [1.54, 1.807) is 63.2 Å². The second kappa shape index (κ2) is 8.50. The fourth-order valence-electron chi connectivity index (χ4n) is 2.31. The van der Waals surface area contributed by atoms with Gasteiger partial charge < -0.3 is 20.5 Å². The number of ether oxygens (including phenoxy) is 1. The number of aliphatic carboxylic acids is 1. The Labute approximate surface area is 167 Å². The molecule has 6 nitrogen and oxygen atoms in total. The van der Waals surface area contributed by atoms with Gasteiger partial charge in [0.15, 0.2) is 6.04 Å². The fraction of sp³-hybridized carbons (Fsp3) is 0.263. The van der Waals surface area contributed by atoms with E-state index in [1.165, 1.54) is 0 Å². The molecule has 2 aromatic carbocycles. The number of carbonyl (C=O) groups excluding carboxylic acids is 1. The summed E-state index contributed by atoms with van der Waals surface area (Å²) in [6.45, 7) is 5.08. The van der Waals surface area contributed by atoms with Gasteiger partial charge in [-0.05, 0) is 39.0 Å². The van der Waals surface area contributed by atoms with Crippen molar-refractivity contribution in [3.05, 3.63) is 58.1 Å². The fourth-order valence-corrected chi connectivity index (χ4v) is 2.80. The molecule has 0 aromatic heterocycles. The molecule has 144 valence electrons. The predicted molar refractivity (Wildman–Crippen MR) is 106 cm³/mol. The molecule has 27 heavy (non-hydrogen) atoms. The van der Waals surface area contributed by atoms with Crippen molar-refractivity contribution in [3.63, 3.8) is 0 Å². The highest BCUT2D eigenvalue weighted by atomic mass is 35.5. The maximum atomic E-state index is 12.1. The summed E-state index contributed by atoms with van der Waals surface area (Å²) in [7, 11) is 0. The summed E-state index contributed by atoms with van der Waals surface area (Å²) in [5, 5.41) is 15.8. The number of benzene rings is 2. The minimum Gasteiger partial charge on any atom is -0.479 e. The summed E-state index contributed by atoms with van der Waals surface area (Å²) in [5.41, 5.74) is 0.452. The van der Waals surface area contributed by atoms with Crippen molar-refractivity contribution >= 4 is 46.6 Å². The highest BCUT2D eigenvalue weighted by Gasteiger charge is 2.27. The predicted octanol–water partition coefficient (Wildman–Crippen LogP) is 5.39. The molecule has 1 atom stereocenters. The van der Waals surface area contributed by atoms with E-state index >= 15 is 0 Å². The third-order valence-corrected chi connectivity index (χ3v) is 4.03. The van der Waals surface area contributed by atoms with Crippen molar-refractivity contribution in [1.82, 2.24) is 5.32 Å². The minimum atomic E-state index is -1.33. The molecule has 0 aliphatic rings. The summed E-state index contributed by atoms with van der Waals surface area (Å²) >= 11 is 12.4. The molecule has 2 aromatic rings. The first kappa shape index (κ1) is 20.9. The number of carboxylic acids is 1. The lowest BCUT2D eigenvalue weighted by Crippen LogP contribution is -2.38. The first-order chi connectivity index (χ1) is 12.6. The highest BCUT2D eigenvalue weighted by Crippen LogP contribution is 2.35. The molecule has 0 aliphatic heterocycles. The largest absolute Gasteiger partial charge is 0.479 e. The molecular formula is C19H20Cl2N2O4. The van der Waals surface area contributed by atoms with Crippen LogP contribution in [0.15, 0.2) is 42.5 Å². The molecule has 8 heteroatoms. The number of anilines is 2. The second-order valence-electron chi connectivity index (χ2n) is 6.73. The summed E-state index contributed by atoms with van der Waals surface area (Å²) in [6, 6.07) is 10.3. The monoisotopic (exact) mass is 410 g/mol. The Hall–Kier alpha value is -2.44. The van der Waals surface area contributed by atoms with Gasteiger partial charge in [-0.3, -0.25) is 0 Å². The van der Waals surface area contributed by atoms with E-state index in [4.69, 9.17) is 27.9 Å². The van der Waals surface area contributed by atoms with Crippen molar-refractivity contribution in [2.24, 2.45) is 0 Å². The Morgan fingerprint density at radius 3 is 2.19 bits per heavy atom. The number of carbonyl (C=O) groups is 2. The molecule has 0 unspecified atom stereocenters. The lowest BCUT2D eigenvalue weighted by atomic mass is 10.0. The van der Waals surface area contributed by atoms with Crippen LogP contribution in [0.5, 0.6) is 0 Å². The molecule has 0 bridgehead atoms. The van der Waals surface area contributed by atoms with Crippen LogP contribution in [0.25, 0.3) is 0 Å². The molecule has 0 saturated carbocycles. The maximum Gasteiger partial charge on any atom is 0.408 e. The number of rotatable bonds is 5. The molecule has 0 spiro atoms. The molecule has 3 N–H and O–H groups in total. The van der Waals surface area contributed by atoms with E-state index in [-0.39, 0.29) is 0 Å². The van der Waals surface area contributed by atoms with Crippen LogP contribution < -0.4 is 10.6 Å². The Morgan fingerprint density at radius 1 is 1.04 bits per heavy atom. The van der Waals surface area contributed by atoms with Gasteiger partial charge in [-0.25, -0.2) is 9.59 Å². The number of nitrogens with one attached hydrogen (secondary N) is 2. The van der Waals surface area contributed by atoms with E-state index < -0.39 is 23.7 Å². The van der Waals surface area contributed by atoms with Gasteiger partial charge in [0.1, 0.15) is 5.60 Å². The zero-order valence-corrected chi connectivity index (χ0v) is 16.6. The molecule has 1 amide bonds. The molecule has 0 aliphatic carbocycles. The average Bonchev–Trinajstić information content (AvgIpc) is 2.55. The van der Waals surface area contributed by atoms with Crippen molar-refractivity contribution in [2.45, 2.75) is 32.4 Å². The number of amides is 1.